The molecule has 0 radical (unpaired) electrons. The maximum atomic E-state index is 2.83. The van der Waals surface area contributed by atoms with Crippen molar-refractivity contribution in [3.05, 3.63) is 0 Å². The molecule has 0 atom stereocenters. The minimum absolute atomic E-state index is 0.892. The van der Waals surface area contributed by atoms with Gasteiger partial charge in [-0.3, -0.25) is 0 Å². The smallest absolute Gasteiger partial charge is 0.00187 e. The van der Waals surface area contributed by atoms with Crippen molar-refractivity contribution >= 4 is 0 Å². The van der Waals surface area contributed by atoms with Crippen LogP contribution in [0.2, 0.25) is 0 Å². The molecule has 0 saturated heterocycles. The van der Waals surface area contributed by atoms with E-state index in [0.29, 0.717) is 0 Å². The molecule has 1 nitrogen and oxygen atoms in total. The molecule has 0 aromatic heterocycles. The molecule has 0 aliphatic heterocycles. The first-order valence-electron chi connectivity index (χ1n) is 17.4. The fraction of sp³-hybridized carbons (Fsp3) is 1.00. The molecule has 0 heterocycles. The van der Waals surface area contributed by atoms with Gasteiger partial charge in [-0.15, -0.1) is 0 Å². The van der Waals surface area contributed by atoms with Gasteiger partial charge in [0, 0.05) is 0 Å². The van der Waals surface area contributed by atoms with E-state index in [2.05, 4.69) is 32.6 Å². The number of hydrogen-bond acceptors (Lipinski definition) is 1. The molecule has 0 aromatic rings. The summed E-state index contributed by atoms with van der Waals surface area (Å²) in [6, 6.07) is 0. The molecule has 0 bridgehead atoms. The molecule has 0 aliphatic carbocycles. The Morgan fingerprint density at radius 3 is 0.861 bits per heavy atom. The van der Waals surface area contributed by atoms with Gasteiger partial charge in [-0.2, -0.15) is 0 Å². The predicted molar refractivity (Wildman–Crippen MR) is 167 cm³/mol. The van der Waals surface area contributed by atoms with Crippen molar-refractivity contribution in [2.24, 2.45) is 5.92 Å². The highest BCUT2D eigenvalue weighted by atomic mass is 15.1. The predicted octanol–water partition coefficient (Wildman–Crippen LogP) is 12.5. The zero-order valence-corrected chi connectivity index (χ0v) is 26.2. The van der Waals surface area contributed by atoms with E-state index in [0.717, 1.165) is 5.92 Å². The first-order valence-corrected chi connectivity index (χ1v) is 17.4. The Balaban J connectivity index is 3.73. The SMILES string of the molecule is CCCCCCCCCN(CCCCCCCCC)CCCCCCCCCCCCCCC(C)C. The maximum Gasteiger partial charge on any atom is -0.00187 e. The standard InChI is InChI=1S/C35H73N/c1-5-7-9-11-20-24-28-32-36(33-29-25-21-12-10-8-6-2)34-30-26-22-18-16-14-13-15-17-19-23-27-31-35(3)4/h35H,5-34H2,1-4H3. The summed E-state index contributed by atoms with van der Waals surface area (Å²) in [5, 5.41) is 0. The molecular weight excluding hydrogens is 434 g/mol. The summed E-state index contributed by atoms with van der Waals surface area (Å²) in [6.07, 6.45) is 39.2. The monoisotopic (exact) mass is 508 g/mol. The topological polar surface area (TPSA) is 3.24 Å². The molecule has 0 N–H and O–H groups in total. The van der Waals surface area contributed by atoms with E-state index in [1.807, 2.05) is 0 Å². The lowest BCUT2D eigenvalue weighted by molar-refractivity contribution is 0.254. The highest BCUT2D eigenvalue weighted by Crippen LogP contribution is 2.15. The van der Waals surface area contributed by atoms with E-state index < -0.39 is 0 Å². The summed E-state index contributed by atoms with van der Waals surface area (Å²) in [6.45, 7) is 13.4. The Bertz CT molecular complexity index is 359. The van der Waals surface area contributed by atoms with Gasteiger partial charge in [0.1, 0.15) is 0 Å². The first-order chi connectivity index (χ1) is 17.7. The van der Waals surface area contributed by atoms with Crippen molar-refractivity contribution in [3.63, 3.8) is 0 Å². The van der Waals surface area contributed by atoms with Gasteiger partial charge in [0.15, 0.2) is 0 Å². The van der Waals surface area contributed by atoms with E-state index >= 15 is 0 Å². The molecule has 1 heteroatoms. The van der Waals surface area contributed by atoms with Crippen molar-refractivity contribution in [1.29, 1.82) is 0 Å². The molecule has 0 unspecified atom stereocenters. The third kappa shape index (κ3) is 30.2. The number of hydrogen-bond donors (Lipinski definition) is 0. The summed E-state index contributed by atoms with van der Waals surface area (Å²) in [5.41, 5.74) is 0. The molecule has 0 fully saturated rings. The maximum absolute atomic E-state index is 2.83. The van der Waals surface area contributed by atoms with Crippen LogP contribution in [-0.4, -0.2) is 24.5 Å². The summed E-state index contributed by atoms with van der Waals surface area (Å²) in [7, 11) is 0. The second-order valence-electron chi connectivity index (χ2n) is 12.5. The van der Waals surface area contributed by atoms with Crippen LogP contribution < -0.4 is 0 Å². The Hall–Kier alpha value is -0.0400. The normalized spacial score (nSPS) is 11.8. The molecule has 218 valence electrons. The van der Waals surface area contributed by atoms with Gasteiger partial charge in [0.25, 0.3) is 0 Å². The minimum atomic E-state index is 0.892. The van der Waals surface area contributed by atoms with E-state index in [1.165, 1.54) is 193 Å². The van der Waals surface area contributed by atoms with Crippen molar-refractivity contribution in [2.75, 3.05) is 19.6 Å². The second kappa shape index (κ2) is 31.2. The lowest BCUT2D eigenvalue weighted by Crippen LogP contribution is -2.27. The summed E-state index contributed by atoms with van der Waals surface area (Å²) in [5.74, 6) is 0.892. The van der Waals surface area contributed by atoms with E-state index in [9.17, 15) is 0 Å². The Morgan fingerprint density at radius 2 is 0.583 bits per heavy atom. The molecule has 0 aliphatic rings. The highest BCUT2D eigenvalue weighted by Gasteiger charge is 2.05. The van der Waals surface area contributed by atoms with E-state index in [4.69, 9.17) is 0 Å². The van der Waals surface area contributed by atoms with Crippen molar-refractivity contribution in [2.45, 2.75) is 201 Å². The highest BCUT2D eigenvalue weighted by molar-refractivity contribution is 4.61. The first kappa shape index (κ1) is 36.0. The van der Waals surface area contributed by atoms with Gasteiger partial charge in [0.05, 0.1) is 0 Å². The largest absolute Gasteiger partial charge is 0.303 e. The fourth-order valence-corrected chi connectivity index (χ4v) is 5.58. The summed E-state index contributed by atoms with van der Waals surface area (Å²) >= 11 is 0. The number of nitrogens with zero attached hydrogens (tertiary/aromatic N) is 1. The lowest BCUT2D eigenvalue weighted by Gasteiger charge is -2.22. The van der Waals surface area contributed by atoms with E-state index in [1.54, 1.807) is 0 Å². The third-order valence-corrected chi connectivity index (χ3v) is 8.16. The van der Waals surface area contributed by atoms with Crippen molar-refractivity contribution in [3.8, 4) is 0 Å². The van der Waals surface area contributed by atoms with Crippen molar-refractivity contribution < 1.29 is 0 Å². The lowest BCUT2D eigenvalue weighted by atomic mass is 10.0. The Morgan fingerprint density at radius 1 is 0.333 bits per heavy atom. The zero-order chi connectivity index (χ0) is 26.4. The van der Waals surface area contributed by atoms with Crippen LogP contribution in [0.3, 0.4) is 0 Å². The quantitative estimate of drug-likeness (QED) is 0.0843. The molecular formula is C35H73N. The molecule has 0 amide bonds. The summed E-state index contributed by atoms with van der Waals surface area (Å²) in [4.78, 5) is 2.83. The van der Waals surface area contributed by atoms with Crippen LogP contribution in [0, 0.1) is 5.92 Å². The van der Waals surface area contributed by atoms with Crippen LogP contribution in [0.4, 0.5) is 0 Å². The van der Waals surface area contributed by atoms with Crippen LogP contribution in [0.15, 0.2) is 0 Å². The van der Waals surface area contributed by atoms with Crippen LogP contribution >= 0.6 is 0 Å². The van der Waals surface area contributed by atoms with E-state index in [-0.39, 0.29) is 0 Å². The van der Waals surface area contributed by atoms with Gasteiger partial charge in [-0.05, 0) is 44.8 Å². The zero-order valence-electron chi connectivity index (χ0n) is 26.2. The number of unbranched alkanes of at least 4 members (excludes halogenated alkanes) is 23. The average Bonchev–Trinajstić information content (AvgIpc) is 2.87. The molecule has 0 saturated carbocycles. The van der Waals surface area contributed by atoms with Gasteiger partial charge in [-0.1, -0.05) is 182 Å². The van der Waals surface area contributed by atoms with Gasteiger partial charge < -0.3 is 4.90 Å². The Kier molecular flexibility index (Phi) is 31.1. The van der Waals surface area contributed by atoms with Crippen LogP contribution in [-0.2, 0) is 0 Å². The molecule has 0 rings (SSSR count). The molecule has 0 spiro atoms. The molecule has 36 heavy (non-hydrogen) atoms. The fourth-order valence-electron chi connectivity index (χ4n) is 5.58. The van der Waals surface area contributed by atoms with Crippen LogP contribution in [0.1, 0.15) is 201 Å². The van der Waals surface area contributed by atoms with Crippen molar-refractivity contribution in [1.82, 2.24) is 4.90 Å². The van der Waals surface area contributed by atoms with Gasteiger partial charge in [-0.25, -0.2) is 0 Å². The van der Waals surface area contributed by atoms with Crippen LogP contribution in [0.25, 0.3) is 0 Å². The molecule has 0 aromatic carbocycles. The van der Waals surface area contributed by atoms with Gasteiger partial charge in [0.2, 0.25) is 0 Å². The summed E-state index contributed by atoms with van der Waals surface area (Å²) < 4.78 is 0. The van der Waals surface area contributed by atoms with Gasteiger partial charge >= 0.3 is 0 Å². The second-order valence-corrected chi connectivity index (χ2v) is 12.5. The Labute approximate surface area is 231 Å². The third-order valence-electron chi connectivity index (χ3n) is 8.16. The minimum Gasteiger partial charge on any atom is -0.303 e. The van der Waals surface area contributed by atoms with Crippen LogP contribution in [0.5, 0.6) is 0 Å². The average molecular weight is 508 g/mol. The number of rotatable bonds is 31.